The van der Waals surface area contributed by atoms with E-state index in [1.54, 1.807) is 24.3 Å². The lowest BCUT2D eigenvalue weighted by Gasteiger charge is -2.17. The molecular formula is C16H16F3NO9S. The van der Waals surface area contributed by atoms with Crippen molar-refractivity contribution in [1.82, 2.24) is 5.32 Å². The molecule has 30 heavy (non-hydrogen) atoms. The van der Waals surface area contributed by atoms with E-state index < -0.39 is 52.3 Å². The molecule has 2 saturated heterocycles. The number of fused-ring (bicyclic) bond motifs is 1. The molecule has 0 bridgehead atoms. The molecule has 0 radical (unpaired) electrons. The zero-order valence-corrected chi connectivity index (χ0v) is 15.9. The van der Waals surface area contributed by atoms with Crippen LogP contribution in [-0.2, 0) is 39.8 Å². The van der Waals surface area contributed by atoms with Crippen molar-refractivity contribution in [2.75, 3.05) is 13.2 Å². The Hall–Kier alpha value is -2.58. The fourth-order valence-corrected chi connectivity index (χ4v) is 3.17. The number of carbonyl (C=O) groups excluding carboxylic acids is 2. The molecule has 2 fully saturated rings. The average Bonchev–Trinajstić information content (AvgIpc) is 3.23. The summed E-state index contributed by atoms with van der Waals surface area (Å²) in [5.41, 5.74) is -4.94. The van der Waals surface area contributed by atoms with E-state index in [9.17, 15) is 31.2 Å². The Kier molecular flexibility index (Phi) is 6.38. The molecule has 0 saturated carbocycles. The summed E-state index contributed by atoms with van der Waals surface area (Å²) < 4.78 is 82.2. The fourth-order valence-electron chi connectivity index (χ4n) is 2.86. The quantitative estimate of drug-likeness (QED) is 0.399. The molecule has 0 spiro atoms. The third-order valence-corrected chi connectivity index (χ3v) is 5.13. The molecule has 14 heteroatoms. The largest absolute Gasteiger partial charge is 0.534 e. The first kappa shape index (κ1) is 22.1. The van der Waals surface area contributed by atoms with Gasteiger partial charge < -0.3 is 28.4 Å². The summed E-state index contributed by atoms with van der Waals surface area (Å²) in [6.45, 7) is -0.223. The van der Waals surface area contributed by atoms with Crippen molar-refractivity contribution < 1.29 is 54.3 Å². The summed E-state index contributed by atoms with van der Waals surface area (Å²) in [6, 6.07) is 9.02. The number of halogens is 3. The van der Waals surface area contributed by atoms with E-state index in [1.165, 1.54) is 0 Å². The van der Waals surface area contributed by atoms with E-state index in [-0.39, 0.29) is 19.8 Å². The topological polar surface area (TPSA) is 126 Å². The first-order valence-electron chi connectivity index (χ1n) is 8.50. The van der Waals surface area contributed by atoms with E-state index in [2.05, 4.69) is 14.2 Å². The van der Waals surface area contributed by atoms with Crippen LogP contribution in [-0.4, -0.2) is 63.8 Å². The van der Waals surface area contributed by atoms with Crippen molar-refractivity contribution in [2.45, 2.75) is 36.5 Å². The highest BCUT2D eigenvalue weighted by molar-refractivity contribution is 7.88. The molecule has 1 aromatic rings. The SMILES string of the molecule is O=C(NCc1ccccc1)OC1COC2C(OC(=O)OS(=O)(=O)C(F)(F)F)COC12. The Morgan fingerprint density at radius 2 is 1.60 bits per heavy atom. The van der Waals surface area contributed by atoms with E-state index in [4.69, 9.17) is 14.2 Å². The smallest absolute Gasteiger partial charge is 0.441 e. The van der Waals surface area contributed by atoms with Crippen molar-refractivity contribution in [3.05, 3.63) is 35.9 Å². The van der Waals surface area contributed by atoms with Crippen molar-refractivity contribution in [3.63, 3.8) is 0 Å². The molecule has 166 valence electrons. The number of alkyl halides is 3. The van der Waals surface area contributed by atoms with Crippen LogP contribution in [0, 0.1) is 0 Å². The van der Waals surface area contributed by atoms with Gasteiger partial charge in [0.2, 0.25) is 0 Å². The molecule has 1 aromatic carbocycles. The Labute approximate surface area is 168 Å². The lowest BCUT2D eigenvalue weighted by molar-refractivity contribution is -0.0575. The molecule has 2 heterocycles. The summed E-state index contributed by atoms with van der Waals surface area (Å²) >= 11 is 0. The summed E-state index contributed by atoms with van der Waals surface area (Å²) in [6.07, 6.45) is -6.77. The Morgan fingerprint density at radius 1 is 1.03 bits per heavy atom. The predicted octanol–water partition coefficient (Wildman–Crippen LogP) is 1.45. The highest BCUT2D eigenvalue weighted by Gasteiger charge is 2.53. The molecule has 2 aliphatic heterocycles. The predicted molar refractivity (Wildman–Crippen MR) is 89.4 cm³/mol. The molecule has 1 N–H and O–H groups in total. The van der Waals surface area contributed by atoms with Gasteiger partial charge in [-0.05, 0) is 5.56 Å². The number of hydrogen-bond acceptors (Lipinski definition) is 9. The molecule has 2 aliphatic rings. The van der Waals surface area contributed by atoms with Crippen LogP contribution < -0.4 is 5.32 Å². The number of benzene rings is 1. The van der Waals surface area contributed by atoms with Crippen LogP contribution in [0.15, 0.2) is 30.3 Å². The van der Waals surface area contributed by atoms with Gasteiger partial charge in [-0.1, -0.05) is 30.3 Å². The lowest BCUT2D eigenvalue weighted by Crippen LogP contribution is -2.38. The third-order valence-electron chi connectivity index (χ3n) is 4.21. The fraction of sp³-hybridized carbons (Fsp3) is 0.500. The highest BCUT2D eigenvalue weighted by atomic mass is 32.2. The lowest BCUT2D eigenvalue weighted by atomic mass is 10.1. The summed E-state index contributed by atoms with van der Waals surface area (Å²) in [5, 5.41) is 2.54. The highest BCUT2D eigenvalue weighted by Crippen LogP contribution is 2.31. The molecule has 3 rings (SSSR count). The van der Waals surface area contributed by atoms with Gasteiger partial charge in [0.05, 0.1) is 13.2 Å². The number of alkyl carbamates (subject to hydrolysis) is 1. The number of nitrogens with one attached hydrogen (secondary N) is 1. The Morgan fingerprint density at radius 3 is 2.17 bits per heavy atom. The standard InChI is InChI=1S/C16H16F3NO9S/c17-16(18,19)30(23,24)29-15(22)28-11-8-26-12-10(7-25-13(11)12)27-14(21)20-6-9-4-2-1-3-5-9/h1-5,10-13H,6-8H2,(H,20,21). The normalized spacial score (nSPS) is 26.0. The monoisotopic (exact) mass is 455 g/mol. The molecule has 10 nitrogen and oxygen atoms in total. The van der Waals surface area contributed by atoms with Crippen LogP contribution in [0.1, 0.15) is 5.56 Å². The molecule has 4 atom stereocenters. The summed E-state index contributed by atoms with van der Waals surface area (Å²) in [7, 11) is -6.15. The maximum atomic E-state index is 12.2. The molecule has 0 aromatic heterocycles. The van der Waals surface area contributed by atoms with Crippen LogP contribution in [0.2, 0.25) is 0 Å². The van der Waals surface area contributed by atoms with Crippen molar-refractivity contribution in [1.29, 1.82) is 0 Å². The van der Waals surface area contributed by atoms with Crippen molar-refractivity contribution >= 4 is 22.4 Å². The first-order valence-corrected chi connectivity index (χ1v) is 9.90. The van der Waals surface area contributed by atoms with Gasteiger partial charge in [-0.2, -0.15) is 21.6 Å². The summed E-state index contributed by atoms with van der Waals surface area (Å²) in [4.78, 5) is 23.3. The second-order valence-electron chi connectivity index (χ2n) is 6.27. The second kappa shape index (κ2) is 8.65. The van der Waals surface area contributed by atoms with E-state index in [0.717, 1.165) is 5.56 Å². The Bertz CT molecular complexity index is 878. The number of hydrogen-bond donors (Lipinski definition) is 1. The minimum Gasteiger partial charge on any atom is -0.441 e. The molecule has 0 aliphatic carbocycles. The number of amides is 1. The van der Waals surface area contributed by atoms with Gasteiger partial charge in [0.15, 0.2) is 12.2 Å². The van der Waals surface area contributed by atoms with Crippen LogP contribution in [0.3, 0.4) is 0 Å². The summed E-state index contributed by atoms with van der Waals surface area (Å²) in [5.74, 6) is 0. The second-order valence-corrected chi connectivity index (χ2v) is 7.81. The molecular weight excluding hydrogens is 439 g/mol. The van der Waals surface area contributed by atoms with Gasteiger partial charge in [-0.25, -0.2) is 9.59 Å². The van der Waals surface area contributed by atoms with E-state index in [0.29, 0.717) is 0 Å². The van der Waals surface area contributed by atoms with Gasteiger partial charge in [0.25, 0.3) is 0 Å². The van der Waals surface area contributed by atoms with Crippen LogP contribution in [0.5, 0.6) is 0 Å². The van der Waals surface area contributed by atoms with Crippen LogP contribution in [0.4, 0.5) is 22.8 Å². The van der Waals surface area contributed by atoms with Gasteiger partial charge in [0.1, 0.15) is 12.2 Å². The molecule has 4 unspecified atom stereocenters. The third kappa shape index (κ3) is 5.12. The molecule has 1 amide bonds. The minimum absolute atomic E-state index is 0.121. The van der Waals surface area contributed by atoms with Crippen molar-refractivity contribution in [3.8, 4) is 0 Å². The number of ether oxygens (including phenoxy) is 4. The first-order chi connectivity index (χ1) is 14.1. The average molecular weight is 455 g/mol. The van der Waals surface area contributed by atoms with E-state index >= 15 is 0 Å². The van der Waals surface area contributed by atoms with Crippen LogP contribution >= 0.6 is 0 Å². The zero-order valence-electron chi connectivity index (χ0n) is 15.0. The van der Waals surface area contributed by atoms with Gasteiger partial charge in [-0.3, -0.25) is 0 Å². The number of rotatable bonds is 5. The van der Waals surface area contributed by atoms with Gasteiger partial charge in [-0.15, -0.1) is 0 Å². The van der Waals surface area contributed by atoms with Crippen LogP contribution in [0.25, 0.3) is 0 Å². The Balaban J connectivity index is 1.48. The van der Waals surface area contributed by atoms with Gasteiger partial charge in [0, 0.05) is 6.54 Å². The number of carbonyl (C=O) groups is 2. The zero-order chi connectivity index (χ0) is 21.9. The van der Waals surface area contributed by atoms with Gasteiger partial charge >= 0.3 is 27.9 Å². The van der Waals surface area contributed by atoms with Crippen molar-refractivity contribution in [2.24, 2.45) is 0 Å². The minimum atomic E-state index is -6.15. The maximum Gasteiger partial charge on any atom is 0.534 e. The van der Waals surface area contributed by atoms with E-state index in [1.807, 2.05) is 6.07 Å². The maximum absolute atomic E-state index is 12.2.